The van der Waals surface area contributed by atoms with Crippen LogP contribution in [0, 0.1) is 23.7 Å². The van der Waals surface area contributed by atoms with Crippen LogP contribution in [0.15, 0.2) is 48.5 Å². The number of likely N-dealkylation sites (N-methyl/N-ethyl adjacent to an activating group) is 1. The summed E-state index contributed by atoms with van der Waals surface area (Å²) in [5.74, 6) is -0.181. The summed E-state index contributed by atoms with van der Waals surface area (Å²) in [6, 6.07) is 19.7. The Hall–Kier alpha value is -2.72. The molecule has 0 aromatic heterocycles. The Labute approximate surface area is 217 Å². The van der Waals surface area contributed by atoms with Gasteiger partial charge in [-0.2, -0.15) is 5.26 Å². The highest BCUT2D eigenvalue weighted by molar-refractivity contribution is 5.86. The van der Waals surface area contributed by atoms with Crippen LogP contribution in [-0.4, -0.2) is 61.0 Å². The number of rotatable bonds is 5. The molecule has 2 aromatic carbocycles. The quantitative estimate of drug-likeness (QED) is 0.611. The van der Waals surface area contributed by atoms with E-state index in [4.69, 9.17) is 11.0 Å². The fraction of sp³-hybridized carbons (Fsp3) is 0.533. The Morgan fingerprint density at radius 1 is 0.944 bits per heavy atom. The zero-order valence-corrected chi connectivity index (χ0v) is 22.5. The van der Waals surface area contributed by atoms with Gasteiger partial charge in [-0.1, -0.05) is 67.9 Å². The van der Waals surface area contributed by atoms with E-state index in [-0.39, 0.29) is 12.5 Å². The van der Waals surface area contributed by atoms with Gasteiger partial charge in [-0.05, 0) is 61.8 Å². The first-order chi connectivity index (χ1) is 17.1. The van der Waals surface area contributed by atoms with Crippen LogP contribution >= 0.6 is 0 Å². The first kappa shape index (κ1) is 27.9. The van der Waals surface area contributed by atoms with Gasteiger partial charge in [0.2, 0.25) is 5.91 Å². The molecule has 3 N–H and O–H groups in total. The summed E-state index contributed by atoms with van der Waals surface area (Å²) in [4.78, 5) is 16.6. The van der Waals surface area contributed by atoms with E-state index in [1.165, 1.54) is 48.4 Å². The minimum atomic E-state index is -0.758. The lowest BCUT2D eigenvalue weighted by Crippen LogP contribution is -2.56. The molecule has 2 fully saturated rings. The van der Waals surface area contributed by atoms with Crippen LogP contribution in [0.3, 0.4) is 0 Å². The molecule has 1 saturated heterocycles. The predicted molar refractivity (Wildman–Crippen MR) is 147 cm³/mol. The Bertz CT molecular complexity index is 1000. The molecule has 194 valence electrons. The van der Waals surface area contributed by atoms with Gasteiger partial charge in [0.25, 0.3) is 0 Å². The molecule has 2 aromatic rings. The number of carbonyl (C=O) groups excluding carboxylic acids is 1. The highest BCUT2D eigenvalue weighted by Gasteiger charge is 2.40. The van der Waals surface area contributed by atoms with Crippen molar-refractivity contribution >= 4 is 5.91 Å². The average Bonchev–Trinajstić information content (AvgIpc) is 2.87. The maximum atomic E-state index is 11.7. The van der Waals surface area contributed by atoms with Crippen molar-refractivity contribution in [3.05, 3.63) is 59.7 Å². The number of hydrogen-bond acceptors (Lipinski definition) is 5. The number of amides is 1. The normalized spacial score (nSPS) is 19.4. The second-order valence-electron chi connectivity index (χ2n) is 11.3. The third-order valence-corrected chi connectivity index (χ3v) is 7.62. The number of hydrogen-bond donors (Lipinski definition) is 2. The predicted octanol–water partition coefficient (Wildman–Crippen LogP) is 4.33. The van der Waals surface area contributed by atoms with E-state index in [0.717, 1.165) is 19.4 Å². The maximum Gasteiger partial charge on any atom is 0.240 e. The Morgan fingerprint density at radius 2 is 1.47 bits per heavy atom. The number of piperazine rings is 1. The number of nitrogens with two attached hydrogens (primary N) is 1. The van der Waals surface area contributed by atoms with E-state index in [9.17, 15) is 4.79 Å². The fourth-order valence-corrected chi connectivity index (χ4v) is 4.71. The third-order valence-electron chi connectivity index (χ3n) is 7.62. The average molecular weight is 490 g/mol. The number of benzene rings is 2. The molecule has 36 heavy (non-hydrogen) atoms. The smallest absolute Gasteiger partial charge is 0.240 e. The second-order valence-corrected chi connectivity index (χ2v) is 11.3. The molecule has 1 heterocycles. The van der Waals surface area contributed by atoms with E-state index in [2.05, 4.69) is 91.5 Å². The van der Waals surface area contributed by atoms with Crippen molar-refractivity contribution in [3.8, 4) is 17.2 Å². The lowest BCUT2D eigenvalue weighted by atomic mass is 9.69. The first-order valence-corrected chi connectivity index (χ1v) is 13.1. The van der Waals surface area contributed by atoms with Gasteiger partial charge in [-0.25, -0.2) is 0 Å². The van der Waals surface area contributed by atoms with E-state index < -0.39 is 5.54 Å². The van der Waals surface area contributed by atoms with Crippen LogP contribution in [0.4, 0.5) is 0 Å². The summed E-state index contributed by atoms with van der Waals surface area (Å²) in [6.45, 7) is 12.3. The zero-order valence-electron chi connectivity index (χ0n) is 22.5. The van der Waals surface area contributed by atoms with Crippen molar-refractivity contribution < 1.29 is 4.79 Å². The molecular weight excluding hydrogens is 446 g/mol. The molecule has 2 aliphatic rings. The van der Waals surface area contributed by atoms with Gasteiger partial charge in [-0.3, -0.25) is 9.69 Å². The Balaban J connectivity index is 0.000000214. The fourth-order valence-electron chi connectivity index (χ4n) is 4.71. The number of nitrogens with zero attached hydrogens (tertiary/aromatic N) is 3. The highest BCUT2D eigenvalue weighted by atomic mass is 16.2. The highest BCUT2D eigenvalue weighted by Crippen LogP contribution is 2.39. The topological polar surface area (TPSA) is 85.4 Å². The molecular formula is C30H43N5O. The molecule has 0 unspecified atom stereocenters. The third kappa shape index (κ3) is 8.16. The lowest BCUT2D eigenvalue weighted by Gasteiger charge is -2.39. The second kappa shape index (κ2) is 12.5. The molecule has 0 radical (unpaired) electrons. The van der Waals surface area contributed by atoms with Gasteiger partial charge < -0.3 is 16.0 Å². The van der Waals surface area contributed by atoms with Crippen LogP contribution in [0.1, 0.15) is 50.7 Å². The molecule has 4 rings (SSSR count). The summed E-state index contributed by atoms with van der Waals surface area (Å²) >= 11 is 0. The van der Waals surface area contributed by atoms with Gasteiger partial charge >= 0.3 is 0 Å². The molecule has 6 nitrogen and oxygen atoms in total. The van der Waals surface area contributed by atoms with E-state index in [0.29, 0.717) is 18.3 Å². The van der Waals surface area contributed by atoms with Crippen molar-refractivity contribution in [1.29, 1.82) is 5.26 Å². The van der Waals surface area contributed by atoms with Crippen molar-refractivity contribution in [3.63, 3.8) is 0 Å². The monoisotopic (exact) mass is 489 g/mol. The zero-order chi connectivity index (χ0) is 26.2. The standard InChI is InChI=1S/C19H24N2.C11H19N3O/c1-16-3-7-18(8-4-16)19-9-5-17(6-10-19)15-21-13-11-20(2)12-14-21;1-10(2)3-5-11(13,6-4-10)9(15)14-8-7-12/h3-10H,11-15H2,1-2H3;3-6,8,13H2,1-2H3,(H,14,15). The number of aryl methyl sites for hydroxylation is 1. The van der Waals surface area contributed by atoms with Gasteiger partial charge in [0.05, 0.1) is 11.6 Å². The number of nitriles is 1. The summed E-state index contributed by atoms with van der Waals surface area (Å²) < 4.78 is 0. The van der Waals surface area contributed by atoms with Crippen molar-refractivity contribution in [2.75, 3.05) is 39.8 Å². The van der Waals surface area contributed by atoms with Gasteiger partial charge in [-0.15, -0.1) is 0 Å². The summed E-state index contributed by atoms with van der Waals surface area (Å²) in [7, 11) is 2.20. The number of carbonyl (C=O) groups is 1. The molecule has 1 aliphatic carbocycles. The molecule has 1 aliphatic heterocycles. The van der Waals surface area contributed by atoms with Crippen molar-refractivity contribution in [2.24, 2.45) is 11.1 Å². The number of nitrogens with one attached hydrogen (secondary N) is 1. The van der Waals surface area contributed by atoms with Gasteiger partial charge in [0.15, 0.2) is 0 Å². The minimum Gasteiger partial charge on any atom is -0.341 e. The maximum absolute atomic E-state index is 11.7. The SMILES string of the molecule is CC1(C)CCC(N)(C(=O)NCC#N)CC1.Cc1ccc(-c2ccc(CN3CCN(C)CC3)cc2)cc1. The molecule has 6 heteroatoms. The van der Waals surface area contributed by atoms with Crippen molar-refractivity contribution in [1.82, 2.24) is 15.1 Å². The molecule has 0 spiro atoms. The summed E-state index contributed by atoms with van der Waals surface area (Å²) in [6.07, 6.45) is 3.33. The first-order valence-electron chi connectivity index (χ1n) is 13.1. The van der Waals surface area contributed by atoms with Crippen LogP contribution in [0.25, 0.3) is 11.1 Å². The Morgan fingerprint density at radius 3 is 2.00 bits per heavy atom. The minimum absolute atomic E-state index is 0.0428. The van der Waals surface area contributed by atoms with Crippen LogP contribution in [0.5, 0.6) is 0 Å². The molecule has 1 saturated carbocycles. The van der Waals surface area contributed by atoms with E-state index in [1.54, 1.807) is 0 Å². The van der Waals surface area contributed by atoms with Crippen molar-refractivity contribution in [2.45, 2.75) is 58.5 Å². The van der Waals surface area contributed by atoms with Gasteiger partial charge in [0.1, 0.15) is 6.54 Å². The summed E-state index contributed by atoms with van der Waals surface area (Å²) in [5, 5.41) is 10.9. The van der Waals surface area contributed by atoms with Crippen LogP contribution < -0.4 is 11.1 Å². The summed E-state index contributed by atoms with van der Waals surface area (Å²) in [5.41, 5.74) is 10.9. The van der Waals surface area contributed by atoms with Crippen LogP contribution in [-0.2, 0) is 11.3 Å². The van der Waals surface area contributed by atoms with Crippen LogP contribution in [0.2, 0.25) is 0 Å². The van der Waals surface area contributed by atoms with E-state index in [1.807, 2.05) is 6.07 Å². The Kier molecular flexibility index (Phi) is 9.67. The molecule has 0 bridgehead atoms. The van der Waals surface area contributed by atoms with E-state index >= 15 is 0 Å². The largest absolute Gasteiger partial charge is 0.341 e. The van der Waals surface area contributed by atoms with Gasteiger partial charge in [0, 0.05) is 32.7 Å². The molecule has 0 atom stereocenters. The molecule has 1 amide bonds. The lowest BCUT2D eigenvalue weighted by molar-refractivity contribution is -0.128.